The molecule has 0 bridgehead atoms. The van der Waals surface area contributed by atoms with Gasteiger partial charge in [0.05, 0.1) is 24.7 Å². The van der Waals surface area contributed by atoms with Crippen molar-refractivity contribution in [2.75, 3.05) is 6.61 Å². The Labute approximate surface area is 139 Å². The summed E-state index contributed by atoms with van der Waals surface area (Å²) < 4.78 is 16.2. The van der Waals surface area contributed by atoms with Crippen LogP contribution in [0.2, 0.25) is 0 Å². The van der Waals surface area contributed by atoms with E-state index in [4.69, 9.17) is 14.2 Å². The maximum Gasteiger partial charge on any atom is 0.407 e. The number of rotatable bonds is 5. The average Bonchev–Trinajstić information content (AvgIpc) is 2.20. The smallest absolute Gasteiger partial charge is 0.407 e. The van der Waals surface area contributed by atoms with E-state index in [2.05, 4.69) is 5.32 Å². The van der Waals surface area contributed by atoms with Crippen LogP contribution in [0.4, 0.5) is 4.79 Å². The van der Waals surface area contributed by atoms with Crippen LogP contribution >= 0.6 is 0 Å². The first kappa shape index (κ1) is 19.7. The molecule has 1 N–H and O–H groups in total. The van der Waals surface area contributed by atoms with Crippen molar-refractivity contribution in [2.45, 2.75) is 84.7 Å². The molecular formula is C17H31NO5. The number of esters is 1. The second-order valence-electron chi connectivity index (χ2n) is 8.20. The fourth-order valence-corrected chi connectivity index (χ4v) is 2.11. The maximum absolute atomic E-state index is 11.9. The lowest BCUT2D eigenvalue weighted by Gasteiger charge is -2.35. The second kappa shape index (κ2) is 7.51. The van der Waals surface area contributed by atoms with E-state index < -0.39 is 17.3 Å². The number of amides is 1. The topological polar surface area (TPSA) is 73.9 Å². The molecule has 0 aromatic heterocycles. The Morgan fingerprint density at radius 3 is 2.04 bits per heavy atom. The van der Waals surface area contributed by atoms with Crippen LogP contribution in [-0.2, 0) is 19.0 Å². The van der Waals surface area contributed by atoms with E-state index in [1.807, 2.05) is 48.5 Å². The molecule has 6 nitrogen and oxygen atoms in total. The molecule has 23 heavy (non-hydrogen) atoms. The molecule has 1 atom stereocenters. The van der Waals surface area contributed by atoms with E-state index in [0.717, 1.165) is 0 Å². The van der Waals surface area contributed by atoms with Crippen LogP contribution in [-0.4, -0.2) is 42.0 Å². The molecule has 1 aliphatic rings. The Bertz CT molecular complexity index is 416. The Kier molecular flexibility index (Phi) is 6.45. The molecule has 134 valence electrons. The monoisotopic (exact) mass is 329 g/mol. The Morgan fingerprint density at radius 1 is 1.04 bits per heavy atom. The number of carbonyl (C=O) groups excluding carboxylic acids is 2. The number of ether oxygens (including phenoxy) is 3. The van der Waals surface area contributed by atoms with Gasteiger partial charge in [-0.3, -0.25) is 4.79 Å². The van der Waals surface area contributed by atoms with Crippen molar-refractivity contribution < 1.29 is 23.8 Å². The minimum atomic E-state index is -0.515. The molecule has 0 aromatic carbocycles. The van der Waals surface area contributed by atoms with Crippen molar-refractivity contribution in [1.29, 1.82) is 0 Å². The molecule has 0 unspecified atom stereocenters. The normalized spacial score (nSPS) is 22.7. The third-order valence-corrected chi connectivity index (χ3v) is 3.18. The van der Waals surface area contributed by atoms with Gasteiger partial charge in [-0.25, -0.2) is 4.79 Å². The Balaban J connectivity index is 2.19. The number of carbonyl (C=O) groups is 2. The molecular weight excluding hydrogens is 298 g/mol. The van der Waals surface area contributed by atoms with E-state index in [1.165, 1.54) is 0 Å². The summed E-state index contributed by atoms with van der Waals surface area (Å²) >= 11 is 0. The van der Waals surface area contributed by atoms with Crippen molar-refractivity contribution in [1.82, 2.24) is 5.32 Å². The average molecular weight is 329 g/mol. The molecule has 1 aliphatic carbocycles. The number of hydrogen-bond donors (Lipinski definition) is 1. The number of alkyl carbamates (subject to hydrolysis) is 1. The summed E-state index contributed by atoms with van der Waals surface area (Å²) in [6, 6.07) is -0.148. The molecule has 6 heteroatoms. The zero-order valence-electron chi connectivity index (χ0n) is 15.4. The first-order chi connectivity index (χ1) is 10.4. The largest absolute Gasteiger partial charge is 0.460 e. The van der Waals surface area contributed by atoms with Gasteiger partial charge in [0, 0.05) is 0 Å². The standard InChI is InChI=1S/C17H31NO5/c1-11(18-15(20)23-17(5,6)7)10-21-13-8-12(9-13)14(19)22-16(2,3)4/h11-13H,8-10H2,1-7H3,(H,18,20)/t11-,12-,13+/m0/s1. The third-order valence-electron chi connectivity index (χ3n) is 3.18. The summed E-state index contributed by atoms with van der Waals surface area (Å²) in [7, 11) is 0. The van der Waals surface area contributed by atoms with Gasteiger partial charge in [-0.2, -0.15) is 0 Å². The first-order valence-corrected chi connectivity index (χ1v) is 8.20. The van der Waals surface area contributed by atoms with Gasteiger partial charge in [-0.1, -0.05) is 0 Å². The van der Waals surface area contributed by atoms with Crippen LogP contribution < -0.4 is 5.32 Å². The van der Waals surface area contributed by atoms with Crippen molar-refractivity contribution >= 4 is 12.1 Å². The summed E-state index contributed by atoms with van der Waals surface area (Å²) in [4.78, 5) is 23.5. The number of hydrogen-bond acceptors (Lipinski definition) is 5. The molecule has 0 saturated heterocycles. The lowest BCUT2D eigenvalue weighted by molar-refractivity contribution is -0.169. The summed E-state index contributed by atoms with van der Waals surface area (Å²) in [5.74, 6) is -0.231. The van der Waals surface area contributed by atoms with Gasteiger partial charge in [0.15, 0.2) is 0 Å². The maximum atomic E-state index is 11.9. The van der Waals surface area contributed by atoms with Crippen LogP contribution in [0.5, 0.6) is 0 Å². The molecule has 1 amide bonds. The molecule has 1 rings (SSSR count). The highest BCUT2D eigenvalue weighted by atomic mass is 16.6. The van der Waals surface area contributed by atoms with Crippen LogP contribution in [0.1, 0.15) is 61.3 Å². The zero-order valence-corrected chi connectivity index (χ0v) is 15.4. The molecule has 0 heterocycles. The predicted octanol–water partition coefficient (Wildman–Crippen LogP) is 3.04. The van der Waals surface area contributed by atoms with E-state index in [9.17, 15) is 9.59 Å². The van der Waals surface area contributed by atoms with Crippen LogP contribution in [0, 0.1) is 5.92 Å². The Morgan fingerprint density at radius 2 is 1.57 bits per heavy atom. The highest BCUT2D eigenvalue weighted by molar-refractivity contribution is 5.74. The molecule has 0 spiro atoms. The summed E-state index contributed by atoms with van der Waals surface area (Å²) in [6.07, 6.45) is 0.951. The van der Waals surface area contributed by atoms with Gasteiger partial charge in [-0.15, -0.1) is 0 Å². The SMILES string of the molecule is C[C@@H](CO[C@H]1C[C@@H](C(=O)OC(C)(C)C)C1)NC(=O)OC(C)(C)C. The Hall–Kier alpha value is -1.30. The van der Waals surface area contributed by atoms with E-state index in [0.29, 0.717) is 19.4 Å². The van der Waals surface area contributed by atoms with Gasteiger partial charge in [0.1, 0.15) is 11.2 Å². The summed E-state index contributed by atoms with van der Waals surface area (Å²) in [6.45, 7) is 13.3. The van der Waals surface area contributed by atoms with Crippen molar-refractivity contribution in [2.24, 2.45) is 5.92 Å². The fourth-order valence-electron chi connectivity index (χ4n) is 2.11. The second-order valence-corrected chi connectivity index (χ2v) is 8.20. The predicted molar refractivity (Wildman–Crippen MR) is 87.1 cm³/mol. The lowest BCUT2D eigenvalue weighted by atomic mass is 9.82. The zero-order chi connectivity index (χ0) is 17.8. The first-order valence-electron chi connectivity index (χ1n) is 8.20. The highest BCUT2D eigenvalue weighted by Gasteiger charge is 2.38. The van der Waals surface area contributed by atoms with Crippen LogP contribution in [0.3, 0.4) is 0 Å². The van der Waals surface area contributed by atoms with Gasteiger partial charge in [-0.05, 0) is 61.3 Å². The van der Waals surface area contributed by atoms with Gasteiger partial charge in [0.2, 0.25) is 0 Å². The molecule has 0 aromatic rings. The molecule has 0 aliphatic heterocycles. The lowest BCUT2D eigenvalue weighted by Crippen LogP contribution is -2.43. The van der Waals surface area contributed by atoms with E-state index >= 15 is 0 Å². The van der Waals surface area contributed by atoms with Crippen molar-refractivity contribution in [3.8, 4) is 0 Å². The third kappa shape index (κ3) is 8.21. The van der Waals surface area contributed by atoms with Crippen molar-refractivity contribution in [3.63, 3.8) is 0 Å². The molecule has 1 saturated carbocycles. The van der Waals surface area contributed by atoms with E-state index in [1.54, 1.807) is 0 Å². The fraction of sp³-hybridized carbons (Fsp3) is 0.882. The van der Waals surface area contributed by atoms with Crippen LogP contribution in [0.15, 0.2) is 0 Å². The van der Waals surface area contributed by atoms with Gasteiger partial charge < -0.3 is 19.5 Å². The molecule has 0 radical (unpaired) electrons. The minimum absolute atomic E-state index is 0.0513. The van der Waals surface area contributed by atoms with Gasteiger partial charge in [0.25, 0.3) is 0 Å². The summed E-state index contributed by atoms with van der Waals surface area (Å²) in [5, 5.41) is 2.73. The quantitative estimate of drug-likeness (QED) is 0.785. The van der Waals surface area contributed by atoms with E-state index in [-0.39, 0.29) is 24.0 Å². The minimum Gasteiger partial charge on any atom is -0.460 e. The van der Waals surface area contributed by atoms with Crippen molar-refractivity contribution in [3.05, 3.63) is 0 Å². The van der Waals surface area contributed by atoms with Gasteiger partial charge >= 0.3 is 12.1 Å². The summed E-state index contributed by atoms with van der Waals surface area (Å²) in [5.41, 5.74) is -0.964. The van der Waals surface area contributed by atoms with Crippen LogP contribution in [0.25, 0.3) is 0 Å². The molecule has 1 fully saturated rings. The number of nitrogens with one attached hydrogen (secondary N) is 1. The highest BCUT2D eigenvalue weighted by Crippen LogP contribution is 2.32.